The van der Waals surface area contributed by atoms with Gasteiger partial charge in [-0.2, -0.15) is 0 Å². The lowest BCUT2D eigenvalue weighted by molar-refractivity contribution is 0.0939. The summed E-state index contributed by atoms with van der Waals surface area (Å²) in [4.78, 5) is 21.0. The van der Waals surface area contributed by atoms with Gasteiger partial charge in [0.15, 0.2) is 5.69 Å². The number of nitrogens with zero attached hydrogens (tertiary/aromatic N) is 2. The van der Waals surface area contributed by atoms with Gasteiger partial charge in [0.2, 0.25) is 0 Å². The molecule has 0 aromatic carbocycles. The smallest absolute Gasteiger partial charge is 0.272 e. The van der Waals surface area contributed by atoms with Crippen molar-refractivity contribution in [3.8, 4) is 0 Å². The standard InChI is InChI=1S/C16H22N4O/c1-7(2)15-18-6-10(17)13(19-15)16(21)20-14-11-8-3-4-9(5-8)12(11)14/h6-9,11-12,14H,3-5,17H2,1-2H3,(H,20,21). The summed E-state index contributed by atoms with van der Waals surface area (Å²) in [5, 5.41) is 3.17. The molecule has 21 heavy (non-hydrogen) atoms. The molecule has 4 rings (SSSR count). The highest BCUT2D eigenvalue weighted by atomic mass is 16.2. The van der Waals surface area contributed by atoms with Crippen LogP contribution >= 0.6 is 0 Å². The number of amides is 1. The number of hydrogen-bond donors (Lipinski definition) is 2. The van der Waals surface area contributed by atoms with Gasteiger partial charge in [-0.15, -0.1) is 0 Å². The quantitative estimate of drug-likeness (QED) is 0.890. The molecule has 0 saturated heterocycles. The third-order valence-corrected chi connectivity index (χ3v) is 5.60. The highest BCUT2D eigenvalue weighted by Crippen LogP contribution is 2.65. The van der Waals surface area contributed by atoms with Gasteiger partial charge in [-0.05, 0) is 42.9 Å². The van der Waals surface area contributed by atoms with Gasteiger partial charge in [-0.1, -0.05) is 13.8 Å². The number of carbonyl (C=O) groups is 1. The Bertz CT molecular complexity index is 584. The molecule has 0 radical (unpaired) electrons. The maximum atomic E-state index is 12.5. The normalized spacial score (nSPS) is 35.9. The third-order valence-electron chi connectivity index (χ3n) is 5.60. The predicted octanol–water partition coefficient (Wildman–Crippen LogP) is 1.96. The average molecular weight is 286 g/mol. The van der Waals surface area contributed by atoms with Crippen molar-refractivity contribution in [3.05, 3.63) is 17.7 Å². The molecule has 1 aromatic heterocycles. The second-order valence-electron chi connectivity index (χ2n) is 7.17. The van der Waals surface area contributed by atoms with Crippen LogP contribution < -0.4 is 11.1 Å². The fourth-order valence-corrected chi connectivity index (χ4v) is 4.60. The molecule has 5 nitrogen and oxygen atoms in total. The van der Waals surface area contributed by atoms with Gasteiger partial charge in [0.05, 0.1) is 11.9 Å². The van der Waals surface area contributed by atoms with Crippen molar-refractivity contribution in [3.63, 3.8) is 0 Å². The molecule has 0 aliphatic heterocycles. The van der Waals surface area contributed by atoms with Crippen molar-refractivity contribution in [2.75, 3.05) is 5.73 Å². The van der Waals surface area contributed by atoms with Crippen LogP contribution in [0.2, 0.25) is 0 Å². The molecule has 112 valence electrons. The van der Waals surface area contributed by atoms with E-state index in [0.717, 1.165) is 23.7 Å². The maximum absolute atomic E-state index is 12.5. The van der Waals surface area contributed by atoms with Crippen LogP contribution in [0.1, 0.15) is 55.3 Å². The van der Waals surface area contributed by atoms with E-state index >= 15 is 0 Å². The maximum Gasteiger partial charge on any atom is 0.272 e. The number of nitrogen functional groups attached to an aromatic ring is 1. The van der Waals surface area contributed by atoms with Gasteiger partial charge in [-0.25, -0.2) is 9.97 Å². The number of carbonyl (C=O) groups excluding carboxylic acids is 1. The molecular formula is C16H22N4O. The number of nitrogens with one attached hydrogen (secondary N) is 1. The number of nitrogens with two attached hydrogens (primary N) is 1. The summed E-state index contributed by atoms with van der Waals surface area (Å²) in [5.41, 5.74) is 6.59. The molecule has 0 spiro atoms. The van der Waals surface area contributed by atoms with E-state index in [1.54, 1.807) is 6.20 Å². The first-order valence-corrected chi connectivity index (χ1v) is 7.99. The van der Waals surface area contributed by atoms with Gasteiger partial charge in [0.1, 0.15) is 5.82 Å². The van der Waals surface area contributed by atoms with Crippen molar-refractivity contribution in [1.29, 1.82) is 0 Å². The van der Waals surface area contributed by atoms with Crippen LogP contribution in [0.4, 0.5) is 5.69 Å². The van der Waals surface area contributed by atoms with Crippen LogP contribution in [-0.2, 0) is 0 Å². The molecule has 2 bridgehead atoms. The minimum atomic E-state index is -0.129. The van der Waals surface area contributed by atoms with Crippen LogP contribution in [0.15, 0.2) is 6.20 Å². The van der Waals surface area contributed by atoms with E-state index in [1.807, 2.05) is 13.8 Å². The highest BCUT2D eigenvalue weighted by Gasteiger charge is 2.65. The number of anilines is 1. The molecule has 4 atom stereocenters. The molecule has 4 unspecified atom stereocenters. The summed E-state index contributed by atoms with van der Waals surface area (Å²) in [5.74, 6) is 3.87. The number of rotatable bonds is 3. The zero-order valence-corrected chi connectivity index (χ0v) is 12.5. The first-order valence-electron chi connectivity index (χ1n) is 7.99. The summed E-state index contributed by atoms with van der Waals surface area (Å²) in [7, 11) is 0. The van der Waals surface area contributed by atoms with E-state index in [-0.39, 0.29) is 11.8 Å². The Labute approximate surface area is 124 Å². The summed E-state index contributed by atoms with van der Waals surface area (Å²) in [6.45, 7) is 4.02. The number of aromatic nitrogens is 2. The Morgan fingerprint density at radius 2 is 2.00 bits per heavy atom. The van der Waals surface area contributed by atoms with Gasteiger partial charge >= 0.3 is 0 Å². The van der Waals surface area contributed by atoms with Crippen molar-refractivity contribution >= 4 is 11.6 Å². The zero-order valence-electron chi connectivity index (χ0n) is 12.5. The number of hydrogen-bond acceptors (Lipinski definition) is 4. The molecule has 5 heteroatoms. The van der Waals surface area contributed by atoms with Crippen molar-refractivity contribution in [2.24, 2.45) is 23.7 Å². The predicted molar refractivity (Wildman–Crippen MR) is 79.6 cm³/mol. The fourth-order valence-electron chi connectivity index (χ4n) is 4.60. The van der Waals surface area contributed by atoms with E-state index in [4.69, 9.17) is 5.73 Å². The second kappa shape index (κ2) is 4.42. The van der Waals surface area contributed by atoms with E-state index in [1.165, 1.54) is 19.3 Å². The van der Waals surface area contributed by atoms with Gasteiger partial charge in [0.25, 0.3) is 5.91 Å². The number of fused-ring (bicyclic) bond motifs is 5. The molecule has 3 saturated carbocycles. The minimum Gasteiger partial charge on any atom is -0.396 e. The molecule has 3 N–H and O–H groups in total. The largest absolute Gasteiger partial charge is 0.396 e. The van der Waals surface area contributed by atoms with Gasteiger partial charge in [0, 0.05) is 12.0 Å². The minimum absolute atomic E-state index is 0.129. The van der Waals surface area contributed by atoms with Crippen LogP contribution in [-0.4, -0.2) is 21.9 Å². The second-order valence-corrected chi connectivity index (χ2v) is 7.17. The molecular weight excluding hydrogens is 264 g/mol. The van der Waals surface area contributed by atoms with Gasteiger partial charge in [-0.3, -0.25) is 4.79 Å². The lowest BCUT2D eigenvalue weighted by atomic mass is 10.0. The Kier molecular flexibility index (Phi) is 2.75. The Balaban J connectivity index is 1.50. The monoisotopic (exact) mass is 286 g/mol. The average Bonchev–Trinajstić information content (AvgIpc) is 2.83. The molecule has 3 aliphatic rings. The zero-order chi connectivity index (χ0) is 14.7. The van der Waals surface area contributed by atoms with E-state index in [9.17, 15) is 4.79 Å². The third kappa shape index (κ3) is 1.93. The van der Waals surface area contributed by atoms with Crippen LogP contribution in [0.5, 0.6) is 0 Å². The first kappa shape index (κ1) is 13.0. The summed E-state index contributed by atoms with van der Waals surface area (Å²) < 4.78 is 0. The fraction of sp³-hybridized carbons (Fsp3) is 0.688. The summed E-state index contributed by atoms with van der Waals surface area (Å²) in [6, 6.07) is 0.362. The lowest BCUT2D eigenvalue weighted by Crippen LogP contribution is -2.31. The van der Waals surface area contributed by atoms with Crippen LogP contribution in [0.3, 0.4) is 0 Å². The Morgan fingerprint density at radius 1 is 1.33 bits per heavy atom. The summed E-state index contributed by atoms with van der Waals surface area (Å²) >= 11 is 0. The molecule has 3 fully saturated rings. The Morgan fingerprint density at radius 3 is 2.62 bits per heavy atom. The van der Waals surface area contributed by atoms with Crippen molar-refractivity contribution in [1.82, 2.24) is 15.3 Å². The highest BCUT2D eigenvalue weighted by molar-refractivity contribution is 5.97. The Hall–Kier alpha value is -1.65. The molecule has 1 amide bonds. The SMILES string of the molecule is CC(C)c1ncc(N)c(C(=O)NC2C3C4CCC(C4)C23)n1. The van der Waals surface area contributed by atoms with Gasteiger partial charge < -0.3 is 11.1 Å². The molecule has 1 heterocycles. The van der Waals surface area contributed by atoms with E-state index in [2.05, 4.69) is 15.3 Å². The van der Waals surface area contributed by atoms with Crippen LogP contribution in [0, 0.1) is 23.7 Å². The topological polar surface area (TPSA) is 80.9 Å². The van der Waals surface area contributed by atoms with E-state index in [0.29, 0.717) is 23.2 Å². The summed E-state index contributed by atoms with van der Waals surface area (Å²) in [6.07, 6.45) is 5.64. The van der Waals surface area contributed by atoms with Crippen molar-refractivity contribution < 1.29 is 4.79 Å². The van der Waals surface area contributed by atoms with Crippen LogP contribution in [0.25, 0.3) is 0 Å². The first-order chi connectivity index (χ1) is 10.1. The van der Waals surface area contributed by atoms with Crippen molar-refractivity contribution in [2.45, 2.75) is 45.1 Å². The molecule has 1 aromatic rings. The molecule has 3 aliphatic carbocycles. The van der Waals surface area contributed by atoms with E-state index < -0.39 is 0 Å². The lowest BCUT2D eigenvalue weighted by Gasteiger charge is -2.12.